The van der Waals surface area contributed by atoms with Gasteiger partial charge in [-0.05, 0) is 37.5 Å². The Kier molecular flexibility index (Phi) is 5.04. The molecule has 1 saturated carbocycles. The molecule has 0 aromatic heterocycles. The predicted molar refractivity (Wildman–Crippen MR) is 74.1 cm³/mol. The van der Waals surface area contributed by atoms with Crippen molar-refractivity contribution in [2.24, 2.45) is 17.6 Å². The highest BCUT2D eigenvalue weighted by Crippen LogP contribution is 2.35. The largest absolute Gasteiger partial charge is 0.342 e. The average molecular weight is 252 g/mol. The number of carbonyl (C=O) groups is 1. The van der Waals surface area contributed by atoms with E-state index in [1.165, 1.54) is 25.7 Å². The van der Waals surface area contributed by atoms with E-state index in [9.17, 15) is 4.79 Å². The van der Waals surface area contributed by atoms with Gasteiger partial charge in [0.25, 0.3) is 0 Å². The molecule has 1 aliphatic carbocycles. The van der Waals surface area contributed by atoms with Crippen molar-refractivity contribution in [3.05, 3.63) is 0 Å². The molecule has 1 heterocycles. The molecule has 0 bridgehead atoms. The normalized spacial score (nSPS) is 31.4. The second-order valence-corrected chi connectivity index (χ2v) is 6.20. The van der Waals surface area contributed by atoms with E-state index >= 15 is 0 Å². The molecular formula is C15H28N2O. The molecule has 3 heteroatoms. The van der Waals surface area contributed by atoms with Gasteiger partial charge in [-0.15, -0.1) is 0 Å². The van der Waals surface area contributed by atoms with Gasteiger partial charge in [0, 0.05) is 25.6 Å². The average Bonchev–Trinajstić information content (AvgIpc) is 2.77. The molecule has 0 radical (unpaired) electrons. The lowest BCUT2D eigenvalue weighted by Crippen LogP contribution is -2.32. The van der Waals surface area contributed by atoms with Gasteiger partial charge in [-0.25, -0.2) is 0 Å². The van der Waals surface area contributed by atoms with E-state index in [2.05, 4.69) is 11.8 Å². The number of likely N-dealkylation sites (tertiary alicyclic amines) is 1. The number of carbonyl (C=O) groups excluding carboxylic acids is 1. The van der Waals surface area contributed by atoms with Crippen LogP contribution in [0.2, 0.25) is 0 Å². The van der Waals surface area contributed by atoms with Gasteiger partial charge in [-0.3, -0.25) is 4.79 Å². The first-order chi connectivity index (χ1) is 8.70. The van der Waals surface area contributed by atoms with Gasteiger partial charge < -0.3 is 10.6 Å². The Morgan fingerprint density at radius 1 is 1.17 bits per heavy atom. The van der Waals surface area contributed by atoms with E-state index in [1.807, 2.05) is 0 Å². The maximum absolute atomic E-state index is 12.1. The van der Waals surface area contributed by atoms with Crippen molar-refractivity contribution in [1.29, 1.82) is 0 Å². The van der Waals surface area contributed by atoms with Crippen LogP contribution in [0.4, 0.5) is 0 Å². The zero-order valence-corrected chi connectivity index (χ0v) is 11.7. The summed E-state index contributed by atoms with van der Waals surface area (Å²) in [6, 6.07) is 0.380. The Hall–Kier alpha value is -0.570. The molecule has 2 N–H and O–H groups in total. The zero-order valence-electron chi connectivity index (χ0n) is 11.7. The third kappa shape index (κ3) is 3.47. The molecule has 2 aliphatic rings. The quantitative estimate of drug-likeness (QED) is 0.764. The van der Waals surface area contributed by atoms with Crippen molar-refractivity contribution < 1.29 is 4.79 Å². The van der Waals surface area contributed by atoms with Crippen LogP contribution in [0.15, 0.2) is 0 Å². The summed E-state index contributed by atoms with van der Waals surface area (Å²) in [5.74, 6) is 1.81. The van der Waals surface area contributed by atoms with Crippen molar-refractivity contribution in [1.82, 2.24) is 4.90 Å². The summed E-state index contributed by atoms with van der Waals surface area (Å²) in [6.45, 7) is 4.19. The summed E-state index contributed by atoms with van der Waals surface area (Å²) < 4.78 is 0. The highest BCUT2D eigenvalue weighted by atomic mass is 16.2. The molecule has 18 heavy (non-hydrogen) atoms. The van der Waals surface area contributed by atoms with E-state index in [0.29, 0.717) is 17.9 Å². The third-order valence-electron chi connectivity index (χ3n) is 4.69. The molecule has 0 aromatic carbocycles. The van der Waals surface area contributed by atoms with Crippen molar-refractivity contribution in [2.75, 3.05) is 13.1 Å². The summed E-state index contributed by atoms with van der Waals surface area (Å²) in [6.07, 6.45) is 9.03. The lowest BCUT2D eigenvalue weighted by Gasteiger charge is -2.27. The Morgan fingerprint density at radius 2 is 1.94 bits per heavy atom. The fraction of sp³-hybridized carbons (Fsp3) is 0.933. The molecule has 3 nitrogen and oxygen atoms in total. The summed E-state index contributed by atoms with van der Waals surface area (Å²) in [4.78, 5) is 14.2. The molecule has 0 spiro atoms. The van der Waals surface area contributed by atoms with Gasteiger partial charge in [0.1, 0.15) is 0 Å². The smallest absolute Gasteiger partial charge is 0.222 e. The third-order valence-corrected chi connectivity index (χ3v) is 4.69. The standard InChI is InChI=1S/C15H28N2O/c1-2-3-4-5-6-15(18)17-10-12-7-8-14(16)9-13(12)11-17/h12-14H,2-11,16H2,1H3/t12-,13+,14?/m1/s1. The highest BCUT2D eigenvalue weighted by molar-refractivity contribution is 5.76. The van der Waals surface area contributed by atoms with Gasteiger partial charge >= 0.3 is 0 Å². The molecule has 1 aliphatic heterocycles. The molecule has 2 rings (SSSR count). The number of rotatable bonds is 5. The summed E-state index contributed by atoms with van der Waals surface area (Å²) in [7, 11) is 0. The number of unbranched alkanes of at least 4 members (excludes halogenated alkanes) is 3. The van der Waals surface area contributed by atoms with E-state index in [1.54, 1.807) is 0 Å². The summed E-state index contributed by atoms with van der Waals surface area (Å²) in [5, 5.41) is 0. The van der Waals surface area contributed by atoms with Crippen LogP contribution < -0.4 is 5.73 Å². The topological polar surface area (TPSA) is 46.3 Å². The van der Waals surface area contributed by atoms with Gasteiger partial charge in [-0.1, -0.05) is 26.2 Å². The van der Waals surface area contributed by atoms with Crippen molar-refractivity contribution in [3.63, 3.8) is 0 Å². The van der Waals surface area contributed by atoms with Gasteiger partial charge in [0.15, 0.2) is 0 Å². The fourth-order valence-electron chi connectivity index (χ4n) is 3.53. The Labute approximate surface area is 111 Å². The Balaban J connectivity index is 1.72. The van der Waals surface area contributed by atoms with Crippen molar-refractivity contribution in [3.8, 4) is 0 Å². The maximum Gasteiger partial charge on any atom is 0.222 e. The fourth-order valence-corrected chi connectivity index (χ4v) is 3.53. The van der Waals surface area contributed by atoms with Crippen LogP contribution in [0.5, 0.6) is 0 Å². The second kappa shape index (κ2) is 6.55. The van der Waals surface area contributed by atoms with E-state index in [0.717, 1.165) is 44.7 Å². The molecule has 1 amide bonds. The van der Waals surface area contributed by atoms with Gasteiger partial charge in [-0.2, -0.15) is 0 Å². The van der Waals surface area contributed by atoms with Gasteiger partial charge in [0.05, 0.1) is 0 Å². The minimum atomic E-state index is 0.380. The second-order valence-electron chi connectivity index (χ2n) is 6.20. The molecule has 2 fully saturated rings. The van der Waals surface area contributed by atoms with Crippen molar-refractivity contribution in [2.45, 2.75) is 64.3 Å². The summed E-state index contributed by atoms with van der Waals surface area (Å²) in [5.41, 5.74) is 6.02. The van der Waals surface area contributed by atoms with E-state index in [-0.39, 0.29) is 0 Å². The SMILES string of the molecule is CCCCCCC(=O)N1C[C@H]2CCC(N)C[C@H]2C1. The monoisotopic (exact) mass is 252 g/mol. The number of hydrogen-bond donors (Lipinski definition) is 1. The number of nitrogens with two attached hydrogens (primary N) is 1. The number of hydrogen-bond acceptors (Lipinski definition) is 2. The lowest BCUT2D eigenvalue weighted by molar-refractivity contribution is -0.130. The van der Waals surface area contributed by atoms with Crippen LogP contribution in [0.25, 0.3) is 0 Å². The molecular weight excluding hydrogens is 224 g/mol. The van der Waals surface area contributed by atoms with Crippen LogP contribution in [0.3, 0.4) is 0 Å². The van der Waals surface area contributed by atoms with Crippen LogP contribution in [-0.4, -0.2) is 29.9 Å². The molecule has 104 valence electrons. The van der Waals surface area contributed by atoms with E-state index < -0.39 is 0 Å². The highest BCUT2D eigenvalue weighted by Gasteiger charge is 2.38. The molecule has 1 unspecified atom stereocenters. The van der Waals surface area contributed by atoms with Gasteiger partial charge in [0.2, 0.25) is 5.91 Å². The number of fused-ring (bicyclic) bond motifs is 1. The maximum atomic E-state index is 12.1. The minimum absolute atomic E-state index is 0.380. The van der Waals surface area contributed by atoms with Crippen LogP contribution in [0, 0.1) is 11.8 Å². The number of nitrogens with zero attached hydrogens (tertiary/aromatic N) is 1. The number of amides is 1. The minimum Gasteiger partial charge on any atom is -0.342 e. The predicted octanol–water partition coefficient (Wildman–Crippen LogP) is 2.54. The van der Waals surface area contributed by atoms with Crippen molar-refractivity contribution >= 4 is 5.91 Å². The first-order valence-electron chi connectivity index (χ1n) is 7.74. The first kappa shape index (κ1) is 13.9. The molecule has 3 atom stereocenters. The van der Waals surface area contributed by atoms with Crippen LogP contribution >= 0.6 is 0 Å². The zero-order chi connectivity index (χ0) is 13.0. The Bertz CT molecular complexity index is 280. The molecule has 1 saturated heterocycles. The Morgan fingerprint density at radius 3 is 2.72 bits per heavy atom. The van der Waals surface area contributed by atoms with Crippen LogP contribution in [-0.2, 0) is 4.79 Å². The first-order valence-corrected chi connectivity index (χ1v) is 7.74. The lowest BCUT2D eigenvalue weighted by atomic mass is 9.79. The summed E-state index contributed by atoms with van der Waals surface area (Å²) >= 11 is 0. The van der Waals surface area contributed by atoms with Crippen LogP contribution in [0.1, 0.15) is 58.3 Å². The molecule has 0 aromatic rings. The van der Waals surface area contributed by atoms with E-state index in [4.69, 9.17) is 5.73 Å².